The Labute approximate surface area is 126 Å². The van der Waals surface area contributed by atoms with Gasteiger partial charge in [-0.25, -0.2) is 0 Å². The van der Waals surface area contributed by atoms with Crippen molar-refractivity contribution in [1.82, 2.24) is 5.32 Å². The first-order valence-corrected chi connectivity index (χ1v) is 7.45. The third-order valence-corrected chi connectivity index (χ3v) is 3.56. The summed E-state index contributed by atoms with van der Waals surface area (Å²) < 4.78 is 5.88. The van der Waals surface area contributed by atoms with Crippen LogP contribution in [-0.4, -0.2) is 18.3 Å². The molecule has 0 aliphatic rings. The summed E-state index contributed by atoms with van der Waals surface area (Å²) in [5, 5.41) is 2.61. The molecule has 0 aliphatic heterocycles. The molecule has 1 rings (SSSR count). The molecule has 4 nitrogen and oxygen atoms in total. The summed E-state index contributed by atoms with van der Waals surface area (Å²) in [6.45, 7) is 8.42. The summed E-state index contributed by atoms with van der Waals surface area (Å²) in [6.07, 6.45) is 1.07. The summed E-state index contributed by atoms with van der Waals surface area (Å²) >= 11 is 0. The number of hydrogen-bond acceptors (Lipinski definition) is 3. The van der Waals surface area contributed by atoms with Gasteiger partial charge in [0, 0.05) is 12.5 Å². The van der Waals surface area contributed by atoms with Gasteiger partial charge >= 0.3 is 0 Å². The van der Waals surface area contributed by atoms with Gasteiger partial charge in [0.2, 0.25) is 6.41 Å². The fourth-order valence-electron chi connectivity index (χ4n) is 2.00. The van der Waals surface area contributed by atoms with Crippen LogP contribution in [0.15, 0.2) is 24.3 Å². The monoisotopic (exact) mass is 291 g/mol. The van der Waals surface area contributed by atoms with Crippen LogP contribution in [-0.2, 0) is 16.1 Å². The number of ether oxygens (including phenoxy) is 1. The van der Waals surface area contributed by atoms with Gasteiger partial charge in [-0.3, -0.25) is 9.59 Å². The normalized spacial score (nSPS) is 13.6. The van der Waals surface area contributed by atoms with E-state index in [1.807, 2.05) is 52.0 Å². The first-order chi connectivity index (χ1) is 9.99. The third-order valence-electron chi connectivity index (χ3n) is 3.56. The molecule has 0 radical (unpaired) electrons. The van der Waals surface area contributed by atoms with Crippen LogP contribution >= 0.6 is 0 Å². The van der Waals surface area contributed by atoms with E-state index in [1.54, 1.807) is 0 Å². The molecule has 116 valence electrons. The van der Waals surface area contributed by atoms with E-state index in [0.29, 0.717) is 18.7 Å². The maximum Gasteiger partial charge on any atom is 0.207 e. The molecule has 4 heteroatoms. The van der Waals surface area contributed by atoms with Gasteiger partial charge in [0.25, 0.3) is 0 Å². The molecule has 1 aromatic rings. The first kappa shape index (κ1) is 17.2. The number of nitrogens with one attached hydrogen (secondary N) is 1. The maximum absolute atomic E-state index is 12.4. The molecule has 0 saturated heterocycles. The molecule has 0 aliphatic carbocycles. The Kier molecular flexibility index (Phi) is 6.92. The molecule has 0 bridgehead atoms. The van der Waals surface area contributed by atoms with Gasteiger partial charge in [-0.2, -0.15) is 0 Å². The van der Waals surface area contributed by atoms with E-state index in [9.17, 15) is 9.59 Å². The lowest BCUT2D eigenvalue weighted by Crippen LogP contribution is -2.36. The Bertz CT molecular complexity index is 454. The maximum atomic E-state index is 12.4. The smallest absolute Gasteiger partial charge is 0.207 e. The van der Waals surface area contributed by atoms with E-state index in [4.69, 9.17) is 4.74 Å². The minimum absolute atomic E-state index is 0.00784. The lowest BCUT2D eigenvalue weighted by Gasteiger charge is -2.24. The molecule has 21 heavy (non-hydrogen) atoms. The van der Waals surface area contributed by atoms with Crippen LogP contribution in [0.4, 0.5) is 0 Å². The third kappa shape index (κ3) is 5.21. The minimum Gasteiger partial charge on any atom is -0.482 e. The second-order valence-electron chi connectivity index (χ2n) is 5.64. The van der Waals surface area contributed by atoms with Gasteiger partial charge < -0.3 is 10.1 Å². The fourth-order valence-corrected chi connectivity index (χ4v) is 2.00. The molecule has 2 atom stereocenters. The molecule has 1 unspecified atom stereocenters. The van der Waals surface area contributed by atoms with Gasteiger partial charge in [0.1, 0.15) is 5.75 Å². The van der Waals surface area contributed by atoms with E-state index >= 15 is 0 Å². The molecular formula is C17H25NO3. The SMILES string of the molecule is CCC(C)C(=O)[C@@H](Oc1ccc(CNC=O)cc1)C(C)C. The van der Waals surface area contributed by atoms with Crippen LogP contribution in [0, 0.1) is 11.8 Å². The lowest BCUT2D eigenvalue weighted by molar-refractivity contribution is -0.131. The van der Waals surface area contributed by atoms with Crippen LogP contribution in [0.5, 0.6) is 5.75 Å². The fraction of sp³-hybridized carbons (Fsp3) is 0.529. The van der Waals surface area contributed by atoms with E-state index in [0.717, 1.165) is 12.0 Å². The largest absolute Gasteiger partial charge is 0.482 e. The van der Waals surface area contributed by atoms with Gasteiger partial charge in [0.05, 0.1) is 0 Å². The van der Waals surface area contributed by atoms with Crippen molar-refractivity contribution in [2.24, 2.45) is 11.8 Å². The predicted molar refractivity (Wildman–Crippen MR) is 83.1 cm³/mol. The molecule has 1 amide bonds. The van der Waals surface area contributed by atoms with E-state index in [1.165, 1.54) is 0 Å². The average Bonchev–Trinajstić information content (AvgIpc) is 2.49. The van der Waals surface area contributed by atoms with Gasteiger partial charge in [-0.1, -0.05) is 39.8 Å². The van der Waals surface area contributed by atoms with Crippen molar-refractivity contribution in [2.45, 2.75) is 46.8 Å². The van der Waals surface area contributed by atoms with E-state index in [2.05, 4.69) is 5.32 Å². The van der Waals surface area contributed by atoms with Crippen LogP contribution in [0.3, 0.4) is 0 Å². The summed E-state index contributed by atoms with van der Waals surface area (Å²) in [5.74, 6) is 0.968. The number of carbonyl (C=O) groups excluding carboxylic acids is 2. The Morgan fingerprint density at radius 1 is 1.24 bits per heavy atom. The summed E-state index contributed by atoms with van der Waals surface area (Å²) in [7, 11) is 0. The van der Waals surface area contributed by atoms with Crippen molar-refractivity contribution >= 4 is 12.2 Å². The molecule has 0 aromatic heterocycles. The zero-order valence-corrected chi connectivity index (χ0v) is 13.3. The average molecular weight is 291 g/mol. The number of rotatable bonds is 9. The molecule has 0 fully saturated rings. The standard InChI is InChI=1S/C17H25NO3/c1-5-13(4)16(20)17(12(2)3)21-15-8-6-14(7-9-15)10-18-11-19/h6-9,11-13,17H,5,10H2,1-4H3,(H,18,19)/t13?,17-/m0/s1. The first-order valence-electron chi connectivity index (χ1n) is 7.45. The van der Waals surface area contributed by atoms with Crippen LogP contribution in [0.2, 0.25) is 0 Å². The number of hydrogen-bond donors (Lipinski definition) is 1. The highest BCUT2D eigenvalue weighted by molar-refractivity contribution is 5.85. The van der Waals surface area contributed by atoms with Crippen molar-refractivity contribution < 1.29 is 14.3 Å². The van der Waals surface area contributed by atoms with Gasteiger partial charge in [-0.05, 0) is 30.0 Å². The Morgan fingerprint density at radius 2 is 1.86 bits per heavy atom. The molecule has 0 saturated carbocycles. The topological polar surface area (TPSA) is 55.4 Å². The van der Waals surface area contributed by atoms with Crippen molar-refractivity contribution in [3.8, 4) is 5.75 Å². The lowest BCUT2D eigenvalue weighted by atomic mass is 9.93. The Morgan fingerprint density at radius 3 is 2.33 bits per heavy atom. The Balaban J connectivity index is 2.75. The highest BCUT2D eigenvalue weighted by Gasteiger charge is 2.27. The van der Waals surface area contributed by atoms with Crippen LogP contribution in [0.1, 0.15) is 39.7 Å². The summed E-state index contributed by atoms with van der Waals surface area (Å²) in [4.78, 5) is 22.6. The Hall–Kier alpha value is -1.84. The molecule has 0 heterocycles. The number of ketones is 1. The highest BCUT2D eigenvalue weighted by Crippen LogP contribution is 2.20. The predicted octanol–water partition coefficient (Wildman–Crippen LogP) is 2.95. The molecule has 1 aromatic carbocycles. The number of carbonyl (C=O) groups is 2. The molecule has 1 N–H and O–H groups in total. The van der Waals surface area contributed by atoms with Crippen molar-refractivity contribution in [3.05, 3.63) is 29.8 Å². The number of Topliss-reactive ketones (excluding diaryl/α,β-unsaturated/α-hetero) is 1. The van der Waals surface area contributed by atoms with Crippen molar-refractivity contribution in [3.63, 3.8) is 0 Å². The summed E-state index contributed by atoms with van der Waals surface area (Å²) in [6, 6.07) is 7.44. The van der Waals surface area contributed by atoms with E-state index < -0.39 is 6.10 Å². The molecule has 0 spiro atoms. The van der Waals surface area contributed by atoms with Crippen molar-refractivity contribution in [1.29, 1.82) is 0 Å². The zero-order valence-electron chi connectivity index (χ0n) is 13.3. The van der Waals surface area contributed by atoms with Crippen LogP contribution < -0.4 is 10.1 Å². The van der Waals surface area contributed by atoms with E-state index in [-0.39, 0.29) is 17.6 Å². The summed E-state index contributed by atoms with van der Waals surface area (Å²) in [5.41, 5.74) is 0.990. The van der Waals surface area contributed by atoms with Gasteiger partial charge in [0.15, 0.2) is 11.9 Å². The second-order valence-corrected chi connectivity index (χ2v) is 5.64. The van der Waals surface area contributed by atoms with Gasteiger partial charge in [-0.15, -0.1) is 0 Å². The zero-order chi connectivity index (χ0) is 15.8. The van der Waals surface area contributed by atoms with Crippen LogP contribution in [0.25, 0.3) is 0 Å². The minimum atomic E-state index is -0.418. The van der Waals surface area contributed by atoms with Crippen molar-refractivity contribution in [2.75, 3.05) is 0 Å². The highest BCUT2D eigenvalue weighted by atomic mass is 16.5. The second kappa shape index (κ2) is 8.45. The number of amides is 1. The number of benzene rings is 1. The molecular weight excluding hydrogens is 266 g/mol. The quantitative estimate of drug-likeness (QED) is 0.712.